The first-order chi connectivity index (χ1) is 1.91. The minimum absolute atomic E-state index is 0. The van der Waals surface area contributed by atoms with Crippen molar-refractivity contribution in [2.45, 2.75) is 0 Å². The largest absolute Gasteiger partial charge is 0.409 e. The quantitative estimate of drug-likeness (QED) is 0.442. The maximum absolute atomic E-state index is 8.81. The zero-order chi connectivity index (χ0) is 3.41. The Labute approximate surface area is 76.4 Å². The number of rotatable bonds is 0. The van der Waals surface area contributed by atoms with Gasteiger partial charge in [-0.3, -0.25) is 5.92 Å². The van der Waals surface area contributed by atoms with E-state index in [2.05, 4.69) is 6.42 Å². The summed E-state index contributed by atoms with van der Waals surface area (Å²) in [6.45, 7) is 0. The predicted molar refractivity (Wildman–Crippen MR) is 14.5 cm³/mol. The van der Waals surface area contributed by atoms with E-state index < -0.39 is 0 Å². The van der Waals surface area contributed by atoms with Gasteiger partial charge in [0.15, 0.2) is 0 Å². The van der Waals surface area contributed by atoms with Crippen molar-refractivity contribution < 1.29 is 58.6 Å². The molecule has 6 heavy (non-hydrogen) atoms. The molecule has 0 saturated heterocycles. The fourth-order valence-corrected chi connectivity index (χ4v) is 0. The number of hydrogen-bond donors (Lipinski definition) is 0. The second-order valence-electron chi connectivity index (χ2n) is 0.246. The summed E-state index contributed by atoms with van der Waals surface area (Å²) in [6, 6.07) is 0. The first kappa shape index (κ1) is 15.7. The van der Waals surface area contributed by atoms with Gasteiger partial charge < -0.3 is 11.2 Å². The standard InChI is InChI=1S/C3HO.W.Y/c1-2-3-4;;/h1H;;/q-1;;. The second kappa shape index (κ2) is 16.6. The van der Waals surface area contributed by atoms with Crippen LogP contribution in [0.2, 0.25) is 0 Å². The van der Waals surface area contributed by atoms with Crippen LogP contribution in [0.25, 0.3) is 0 Å². The van der Waals surface area contributed by atoms with Crippen molar-refractivity contribution in [1.82, 2.24) is 0 Å². The Kier molecular flexibility index (Phi) is 43.6. The molecule has 0 spiro atoms. The molecule has 1 radical (unpaired) electrons. The molecule has 0 aromatic heterocycles. The first-order valence-electron chi connectivity index (χ1n) is 0.743. The van der Waals surface area contributed by atoms with Crippen LogP contribution >= 0.6 is 0 Å². The summed E-state index contributed by atoms with van der Waals surface area (Å²) in [5, 5.41) is 0. The van der Waals surface area contributed by atoms with Crippen LogP contribution < -0.4 is 0 Å². The molecular formula is C3HOWY-. The fourth-order valence-electron chi connectivity index (χ4n) is 0. The van der Waals surface area contributed by atoms with E-state index in [1.807, 2.05) is 0 Å². The van der Waals surface area contributed by atoms with Gasteiger partial charge >= 0.3 is 0 Å². The molecule has 0 fully saturated rings. The maximum atomic E-state index is 8.81. The Morgan fingerprint density at radius 3 is 1.83 bits per heavy atom. The molecule has 0 rings (SSSR count). The van der Waals surface area contributed by atoms with E-state index in [0.717, 1.165) is 0 Å². The van der Waals surface area contributed by atoms with Crippen molar-refractivity contribution in [3.8, 4) is 12.3 Å². The third kappa shape index (κ3) is 19.9. The van der Waals surface area contributed by atoms with Gasteiger partial charge in [-0.2, -0.15) is 0 Å². The zero-order valence-electron chi connectivity index (χ0n) is 2.97. The maximum Gasteiger partial charge on any atom is 0.0395 e. The van der Waals surface area contributed by atoms with Crippen LogP contribution in [0.15, 0.2) is 0 Å². The van der Waals surface area contributed by atoms with E-state index in [4.69, 9.17) is 4.79 Å². The number of terminal acetylenes is 1. The monoisotopic (exact) mass is 326 g/mol. The molecular weight excluding hydrogens is 325 g/mol. The van der Waals surface area contributed by atoms with Crippen LogP contribution in [0, 0.1) is 12.3 Å². The van der Waals surface area contributed by atoms with E-state index in [0.29, 0.717) is 0 Å². The Bertz CT molecular complexity index is 56.3. The van der Waals surface area contributed by atoms with Crippen molar-refractivity contribution in [3.63, 3.8) is 0 Å². The van der Waals surface area contributed by atoms with Crippen molar-refractivity contribution in [2.75, 3.05) is 0 Å². The Morgan fingerprint density at radius 2 is 1.83 bits per heavy atom. The van der Waals surface area contributed by atoms with Crippen LogP contribution in [0.5, 0.6) is 0 Å². The molecule has 0 heterocycles. The summed E-state index contributed by atoms with van der Waals surface area (Å²) < 4.78 is 0. The van der Waals surface area contributed by atoms with Gasteiger partial charge in [0.05, 0.1) is 0 Å². The molecule has 29 valence electrons. The molecule has 3 heteroatoms. The van der Waals surface area contributed by atoms with E-state index in [9.17, 15) is 0 Å². The Balaban J connectivity index is -0.0000000450. The summed E-state index contributed by atoms with van der Waals surface area (Å²) in [7, 11) is 0. The summed E-state index contributed by atoms with van der Waals surface area (Å²) >= 11 is 0. The fraction of sp³-hybridized carbons (Fsp3) is 0. The predicted octanol–water partition coefficient (Wildman–Crippen LogP) is -0.276. The molecule has 0 aliphatic heterocycles. The molecule has 0 atom stereocenters. The molecule has 0 aromatic rings. The topological polar surface area (TPSA) is 17.1 Å². The first-order valence-corrected chi connectivity index (χ1v) is 0.743. The van der Waals surface area contributed by atoms with E-state index in [1.54, 1.807) is 5.92 Å². The molecule has 0 saturated carbocycles. The number of carbonyl (C=O) groups excluding carboxylic acids is 1. The minimum atomic E-state index is 0. The van der Waals surface area contributed by atoms with Crippen LogP contribution in [-0.4, -0.2) is 6.29 Å². The zero-order valence-corrected chi connectivity index (χ0v) is 8.74. The van der Waals surface area contributed by atoms with Gasteiger partial charge in [0.1, 0.15) is 0 Å². The summed E-state index contributed by atoms with van der Waals surface area (Å²) in [6.07, 6.45) is 5.56. The SMILES string of the molecule is C#C[C-]=O.[W].[Y]. The van der Waals surface area contributed by atoms with Gasteiger partial charge in [-0.15, -0.1) is 0 Å². The van der Waals surface area contributed by atoms with Crippen molar-refractivity contribution in [2.24, 2.45) is 0 Å². The molecule has 0 unspecified atom stereocenters. The third-order valence-corrected chi connectivity index (χ3v) is 0.0589. The Morgan fingerprint density at radius 1 is 1.67 bits per heavy atom. The van der Waals surface area contributed by atoms with Crippen LogP contribution in [0.3, 0.4) is 0 Å². The van der Waals surface area contributed by atoms with Crippen LogP contribution in [0.4, 0.5) is 0 Å². The van der Waals surface area contributed by atoms with Gasteiger partial charge in [0.2, 0.25) is 0 Å². The van der Waals surface area contributed by atoms with E-state index in [-0.39, 0.29) is 53.8 Å². The Hall–Kier alpha value is 1.02. The average molecular weight is 326 g/mol. The molecule has 0 aliphatic carbocycles. The van der Waals surface area contributed by atoms with Gasteiger partial charge in [0.25, 0.3) is 0 Å². The number of hydrogen-bond acceptors (Lipinski definition) is 1. The molecule has 0 amide bonds. The molecule has 0 bridgehead atoms. The van der Waals surface area contributed by atoms with E-state index >= 15 is 0 Å². The van der Waals surface area contributed by atoms with Gasteiger partial charge in [0, 0.05) is 60.1 Å². The summed E-state index contributed by atoms with van der Waals surface area (Å²) in [5.41, 5.74) is 0. The van der Waals surface area contributed by atoms with Crippen LogP contribution in [0.1, 0.15) is 0 Å². The molecule has 0 aliphatic rings. The van der Waals surface area contributed by atoms with Gasteiger partial charge in [-0.05, 0) is 0 Å². The van der Waals surface area contributed by atoms with Crippen molar-refractivity contribution >= 4 is 6.29 Å². The molecule has 0 N–H and O–H groups in total. The van der Waals surface area contributed by atoms with Gasteiger partial charge in [-0.25, -0.2) is 0 Å². The second-order valence-corrected chi connectivity index (χ2v) is 0.246. The summed E-state index contributed by atoms with van der Waals surface area (Å²) in [5.74, 6) is 1.62. The summed E-state index contributed by atoms with van der Waals surface area (Å²) in [4.78, 5) is 8.81. The van der Waals surface area contributed by atoms with Crippen molar-refractivity contribution in [3.05, 3.63) is 0 Å². The van der Waals surface area contributed by atoms with Crippen molar-refractivity contribution in [1.29, 1.82) is 0 Å². The van der Waals surface area contributed by atoms with E-state index in [1.165, 1.54) is 6.29 Å². The van der Waals surface area contributed by atoms with Crippen LogP contribution in [-0.2, 0) is 58.6 Å². The molecule has 0 aromatic carbocycles. The normalized spacial score (nSPS) is 2.50. The molecule has 1 nitrogen and oxygen atoms in total. The average Bonchev–Trinajstić information content (AvgIpc) is 1.37. The minimum Gasteiger partial charge on any atom is -0.409 e. The third-order valence-electron chi connectivity index (χ3n) is 0.0589. The van der Waals surface area contributed by atoms with Gasteiger partial charge in [-0.1, -0.05) is 0 Å². The smallest absolute Gasteiger partial charge is 0.0395 e.